The van der Waals surface area contributed by atoms with Crippen LogP contribution in [0.5, 0.6) is 10.8 Å². The fourth-order valence-corrected chi connectivity index (χ4v) is 3.58. The highest BCUT2D eigenvalue weighted by atomic mass is 127. The number of rotatable bonds is 2. The van der Waals surface area contributed by atoms with Gasteiger partial charge in [0.05, 0.1) is 23.2 Å². The minimum absolute atomic E-state index is 0.909. The second-order valence-electron chi connectivity index (χ2n) is 2.74. The Balaban J connectivity index is 2.79. The molecule has 1 aromatic carbocycles. The Morgan fingerprint density at radius 1 is 1.21 bits per heavy atom. The molecule has 2 aromatic rings. The average molecular weight is 320 g/mol. The summed E-state index contributed by atoms with van der Waals surface area (Å²) in [7, 11) is 3.38. The quantitative estimate of drug-likeness (QED) is 0.788. The van der Waals surface area contributed by atoms with Gasteiger partial charge in [0.15, 0.2) is 5.06 Å². The van der Waals surface area contributed by atoms with Crippen molar-refractivity contribution < 1.29 is 9.47 Å². The van der Waals surface area contributed by atoms with Crippen LogP contribution in [-0.2, 0) is 0 Å². The van der Waals surface area contributed by atoms with Crippen LogP contribution < -0.4 is 9.47 Å². The lowest BCUT2D eigenvalue weighted by molar-refractivity contribution is 0.417. The molecule has 0 spiro atoms. The lowest BCUT2D eigenvalue weighted by Crippen LogP contribution is -1.84. The number of hydrogen-bond donors (Lipinski definition) is 0. The lowest BCUT2D eigenvalue weighted by atomic mass is 10.2. The summed E-state index contributed by atoms with van der Waals surface area (Å²) < 4.78 is 12.9. The van der Waals surface area contributed by atoms with Crippen molar-refractivity contribution in [2.75, 3.05) is 14.2 Å². The van der Waals surface area contributed by atoms with E-state index in [1.807, 2.05) is 12.1 Å². The SMILES string of the molecule is COc1sc2cccc(OC)c2c1I. The Morgan fingerprint density at radius 3 is 2.64 bits per heavy atom. The summed E-state index contributed by atoms with van der Waals surface area (Å²) in [5.41, 5.74) is 0. The maximum Gasteiger partial charge on any atom is 0.188 e. The molecule has 0 N–H and O–H groups in total. The van der Waals surface area contributed by atoms with Crippen molar-refractivity contribution in [1.29, 1.82) is 0 Å². The number of halogens is 1. The molecule has 1 heterocycles. The first-order valence-corrected chi connectivity index (χ1v) is 5.96. The molecule has 0 aliphatic heterocycles. The third-order valence-electron chi connectivity index (χ3n) is 1.99. The molecule has 0 unspecified atom stereocenters. The van der Waals surface area contributed by atoms with Gasteiger partial charge in [-0.15, -0.1) is 0 Å². The van der Waals surface area contributed by atoms with Crippen LogP contribution in [-0.4, -0.2) is 14.2 Å². The molecular formula is C10H9IO2S. The zero-order valence-electron chi connectivity index (χ0n) is 7.83. The van der Waals surface area contributed by atoms with E-state index in [2.05, 4.69) is 28.7 Å². The molecule has 74 valence electrons. The number of methoxy groups -OCH3 is 2. The fraction of sp³-hybridized carbons (Fsp3) is 0.200. The van der Waals surface area contributed by atoms with Crippen LogP contribution in [0.25, 0.3) is 10.1 Å². The van der Waals surface area contributed by atoms with Crippen molar-refractivity contribution in [1.82, 2.24) is 0 Å². The van der Waals surface area contributed by atoms with Gasteiger partial charge in [0.1, 0.15) is 5.75 Å². The Kier molecular flexibility index (Phi) is 2.83. The first-order valence-electron chi connectivity index (χ1n) is 4.07. The van der Waals surface area contributed by atoms with Crippen LogP contribution in [0.15, 0.2) is 18.2 Å². The van der Waals surface area contributed by atoms with Gasteiger partial charge in [0, 0.05) is 4.70 Å². The highest BCUT2D eigenvalue weighted by Gasteiger charge is 2.13. The molecule has 1 aromatic heterocycles. The molecule has 14 heavy (non-hydrogen) atoms. The van der Waals surface area contributed by atoms with Gasteiger partial charge in [0.2, 0.25) is 0 Å². The molecule has 0 radical (unpaired) electrons. The number of thiophene rings is 1. The lowest BCUT2D eigenvalue weighted by Gasteiger charge is -2.01. The van der Waals surface area contributed by atoms with Gasteiger partial charge in [-0.05, 0) is 34.7 Å². The van der Waals surface area contributed by atoms with E-state index in [0.717, 1.165) is 19.8 Å². The topological polar surface area (TPSA) is 18.5 Å². The molecule has 0 aliphatic carbocycles. The van der Waals surface area contributed by atoms with Gasteiger partial charge in [0.25, 0.3) is 0 Å². The maximum atomic E-state index is 5.31. The maximum absolute atomic E-state index is 5.31. The van der Waals surface area contributed by atoms with Crippen molar-refractivity contribution in [2.24, 2.45) is 0 Å². The highest BCUT2D eigenvalue weighted by molar-refractivity contribution is 14.1. The number of benzene rings is 1. The van der Waals surface area contributed by atoms with Crippen LogP contribution in [0.3, 0.4) is 0 Å². The van der Waals surface area contributed by atoms with Gasteiger partial charge in [-0.3, -0.25) is 0 Å². The third-order valence-corrected chi connectivity index (χ3v) is 4.51. The Labute approximate surface area is 100.0 Å². The molecule has 0 bridgehead atoms. The van der Waals surface area contributed by atoms with Crippen LogP contribution in [0, 0.1) is 3.57 Å². The Bertz CT molecular complexity index is 464. The zero-order valence-corrected chi connectivity index (χ0v) is 10.8. The van der Waals surface area contributed by atoms with Crippen molar-refractivity contribution >= 4 is 44.0 Å². The number of fused-ring (bicyclic) bond motifs is 1. The summed E-state index contributed by atoms with van der Waals surface area (Å²) in [6.45, 7) is 0. The van der Waals surface area contributed by atoms with E-state index in [9.17, 15) is 0 Å². The molecule has 0 fully saturated rings. The van der Waals surface area contributed by atoms with Gasteiger partial charge in [-0.1, -0.05) is 17.4 Å². The van der Waals surface area contributed by atoms with Crippen LogP contribution in [0.1, 0.15) is 0 Å². The second-order valence-corrected chi connectivity index (χ2v) is 4.83. The standard InChI is InChI=1S/C10H9IO2S/c1-12-6-4-3-5-7-8(6)9(11)10(13-2)14-7/h3-5H,1-2H3. The van der Waals surface area contributed by atoms with E-state index >= 15 is 0 Å². The van der Waals surface area contributed by atoms with Crippen molar-refractivity contribution in [3.8, 4) is 10.8 Å². The average Bonchev–Trinajstić information content (AvgIpc) is 2.55. The molecule has 0 aliphatic rings. The van der Waals surface area contributed by atoms with E-state index < -0.39 is 0 Å². The summed E-state index contributed by atoms with van der Waals surface area (Å²) >= 11 is 3.93. The summed E-state index contributed by atoms with van der Waals surface area (Å²) in [5.74, 6) is 0.909. The van der Waals surface area contributed by atoms with Gasteiger partial charge in [-0.25, -0.2) is 0 Å². The molecule has 2 nitrogen and oxygen atoms in total. The Morgan fingerprint density at radius 2 is 2.00 bits per heavy atom. The first kappa shape index (κ1) is 10.0. The van der Waals surface area contributed by atoms with Gasteiger partial charge >= 0.3 is 0 Å². The minimum atomic E-state index is 0.909. The largest absolute Gasteiger partial charge is 0.496 e. The monoisotopic (exact) mass is 320 g/mol. The van der Waals surface area contributed by atoms with Gasteiger partial charge in [-0.2, -0.15) is 0 Å². The summed E-state index contributed by atoms with van der Waals surface area (Å²) in [5, 5.41) is 2.10. The highest BCUT2D eigenvalue weighted by Crippen LogP contribution is 2.42. The van der Waals surface area contributed by atoms with E-state index in [1.165, 1.54) is 4.70 Å². The number of hydrogen-bond acceptors (Lipinski definition) is 3. The molecule has 0 saturated carbocycles. The van der Waals surface area contributed by atoms with Crippen LogP contribution >= 0.6 is 33.9 Å². The number of ether oxygens (including phenoxy) is 2. The molecule has 0 saturated heterocycles. The second kappa shape index (κ2) is 3.94. The van der Waals surface area contributed by atoms with Crippen molar-refractivity contribution in [3.05, 3.63) is 21.8 Å². The molecule has 0 amide bonds. The van der Waals surface area contributed by atoms with E-state index in [-0.39, 0.29) is 0 Å². The van der Waals surface area contributed by atoms with E-state index in [0.29, 0.717) is 0 Å². The van der Waals surface area contributed by atoms with Crippen LogP contribution in [0.2, 0.25) is 0 Å². The summed E-state index contributed by atoms with van der Waals surface area (Å²) in [6, 6.07) is 6.04. The van der Waals surface area contributed by atoms with E-state index in [4.69, 9.17) is 9.47 Å². The first-order chi connectivity index (χ1) is 6.77. The molecule has 0 atom stereocenters. The summed E-state index contributed by atoms with van der Waals surface area (Å²) in [4.78, 5) is 0. The predicted molar refractivity (Wildman–Crippen MR) is 67.6 cm³/mol. The van der Waals surface area contributed by atoms with E-state index in [1.54, 1.807) is 25.6 Å². The normalized spacial score (nSPS) is 10.5. The van der Waals surface area contributed by atoms with Gasteiger partial charge < -0.3 is 9.47 Å². The molecule has 4 heteroatoms. The summed E-state index contributed by atoms with van der Waals surface area (Å²) in [6.07, 6.45) is 0. The smallest absolute Gasteiger partial charge is 0.188 e. The van der Waals surface area contributed by atoms with Crippen molar-refractivity contribution in [3.63, 3.8) is 0 Å². The molecular weight excluding hydrogens is 311 g/mol. The Hall–Kier alpha value is -0.490. The van der Waals surface area contributed by atoms with Crippen LogP contribution in [0.4, 0.5) is 0 Å². The predicted octanol–water partition coefficient (Wildman–Crippen LogP) is 3.52. The zero-order chi connectivity index (χ0) is 10.1. The molecule has 2 rings (SSSR count). The fourth-order valence-electron chi connectivity index (χ4n) is 1.36. The minimum Gasteiger partial charge on any atom is -0.496 e. The van der Waals surface area contributed by atoms with Crippen molar-refractivity contribution in [2.45, 2.75) is 0 Å². The third kappa shape index (κ3) is 1.46.